The molecule has 0 unspecified atom stereocenters. The normalized spacial score (nSPS) is 14.3. The highest BCUT2D eigenvalue weighted by Crippen LogP contribution is 2.19. The van der Waals surface area contributed by atoms with E-state index in [1.54, 1.807) is 4.90 Å². The fraction of sp³-hybridized carbons (Fsp3) is 0.389. The number of nitrogens with one attached hydrogen (secondary N) is 2. The Bertz CT molecular complexity index is 646. The number of para-hydroxylation sites is 1. The maximum absolute atomic E-state index is 12.2. The van der Waals surface area contributed by atoms with Crippen molar-refractivity contribution in [1.82, 2.24) is 10.2 Å². The van der Waals surface area contributed by atoms with Crippen LogP contribution in [0.4, 0.5) is 10.5 Å². The van der Waals surface area contributed by atoms with Crippen LogP contribution in [0.15, 0.2) is 30.3 Å². The van der Waals surface area contributed by atoms with Crippen molar-refractivity contribution in [2.75, 3.05) is 31.6 Å². The summed E-state index contributed by atoms with van der Waals surface area (Å²) in [5.41, 5.74) is 0.729. The molecule has 7 heteroatoms. The molecule has 1 aliphatic heterocycles. The van der Waals surface area contributed by atoms with Crippen LogP contribution in [-0.4, -0.2) is 49.0 Å². The second-order valence-electron chi connectivity index (χ2n) is 5.65. The van der Waals surface area contributed by atoms with E-state index >= 15 is 0 Å². The van der Waals surface area contributed by atoms with Crippen LogP contribution in [0.1, 0.15) is 12.8 Å². The zero-order valence-corrected chi connectivity index (χ0v) is 13.9. The maximum Gasteiger partial charge on any atom is 0.321 e. The molecule has 2 rings (SSSR count). The predicted octanol–water partition coefficient (Wildman–Crippen LogP) is 1.22. The van der Waals surface area contributed by atoms with Gasteiger partial charge in [-0.15, -0.1) is 6.42 Å². The fourth-order valence-corrected chi connectivity index (χ4v) is 2.50. The van der Waals surface area contributed by atoms with Gasteiger partial charge >= 0.3 is 12.0 Å². The Kier molecular flexibility index (Phi) is 6.84. The van der Waals surface area contributed by atoms with Crippen LogP contribution in [0, 0.1) is 18.3 Å². The third kappa shape index (κ3) is 5.84. The van der Waals surface area contributed by atoms with Gasteiger partial charge in [0.15, 0.2) is 6.61 Å². The molecule has 0 radical (unpaired) electrons. The van der Waals surface area contributed by atoms with Crippen molar-refractivity contribution >= 4 is 23.6 Å². The Labute approximate surface area is 146 Å². The van der Waals surface area contributed by atoms with Crippen LogP contribution < -0.4 is 10.6 Å². The summed E-state index contributed by atoms with van der Waals surface area (Å²) in [6.07, 6.45) is 6.04. The number of amides is 3. The van der Waals surface area contributed by atoms with Crippen LogP contribution in [0.5, 0.6) is 0 Å². The van der Waals surface area contributed by atoms with Crippen molar-refractivity contribution in [3.63, 3.8) is 0 Å². The van der Waals surface area contributed by atoms with Gasteiger partial charge in [-0.2, -0.15) is 0 Å². The average molecular weight is 343 g/mol. The van der Waals surface area contributed by atoms with Gasteiger partial charge in [0.05, 0.1) is 12.5 Å². The Hall–Kier alpha value is -3.01. The van der Waals surface area contributed by atoms with Crippen molar-refractivity contribution in [3.8, 4) is 12.3 Å². The highest BCUT2D eigenvalue weighted by atomic mass is 16.5. The number of urea groups is 1. The molecule has 2 N–H and O–H groups in total. The predicted molar refractivity (Wildman–Crippen MR) is 92.6 cm³/mol. The number of esters is 1. The number of rotatable bonds is 5. The van der Waals surface area contributed by atoms with E-state index in [1.165, 1.54) is 0 Å². The zero-order chi connectivity index (χ0) is 18.1. The molecular weight excluding hydrogens is 322 g/mol. The van der Waals surface area contributed by atoms with Crippen molar-refractivity contribution in [2.24, 2.45) is 5.92 Å². The SMILES string of the molecule is C#CCNC(=O)COC(=O)C1CCN(C(=O)Nc2ccccc2)CC1. The zero-order valence-electron chi connectivity index (χ0n) is 13.9. The third-order valence-corrected chi connectivity index (χ3v) is 3.87. The topological polar surface area (TPSA) is 87.7 Å². The number of nitrogens with zero attached hydrogens (tertiary/aromatic N) is 1. The van der Waals surface area contributed by atoms with E-state index in [4.69, 9.17) is 11.2 Å². The van der Waals surface area contributed by atoms with Gasteiger partial charge in [0.2, 0.25) is 0 Å². The van der Waals surface area contributed by atoms with Crippen molar-refractivity contribution < 1.29 is 19.1 Å². The summed E-state index contributed by atoms with van der Waals surface area (Å²) in [7, 11) is 0. The largest absolute Gasteiger partial charge is 0.455 e. The lowest BCUT2D eigenvalue weighted by molar-refractivity contribution is -0.153. The van der Waals surface area contributed by atoms with Gasteiger partial charge < -0.3 is 20.3 Å². The summed E-state index contributed by atoms with van der Waals surface area (Å²) >= 11 is 0. The maximum atomic E-state index is 12.2. The molecule has 1 heterocycles. The van der Waals surface area contributed by atoms with E-state index in [0.717, 1.165) is 5.69 Å². The minimum atomic E-state index is -0.425. The number of benzene rings is 1. The molecule has 1 aromatic carbocycles. The summed E-state index contributed by atoms with van der Waals surface area (Å²) in [6.45, 7) is 0.684. The van der Waals surface area contributed by atoms with E-state index in [-0.39, 0.29) is 25.1 Å². The Morgan fingerprint density at radius 1 is 1.20 bits per heavy atom. The average Bonchev–Trinajstić information content (AvgIpc) is 2.65. The molecule has 0 atom stereocenters. The van der Waals surface area contributed by atoms with Crippen LogP contribution in [0.2, 0.25) is 0 Å². The van der Waals surface area contributed by atoms with E-state index in [1.807, 2.05) is 30.3 Å². The minimum Gasteiger partial charge on any atom is -0.455 e. The van der Waals surface area contributed by atoms with Gasteiger partial charge in [-0.25, -0.2) is 4.79 Å². The van der Waals surface area contributed by atoms with Crippen LogP contribution in [0.3, 0.4) is 0 Å². The quantitative estimate of drug-likeness (QED) is 0.622. The fourth-order valence-electron chi connectivity index (χ4n) is 2.50. The smallest absolute Gasteiger partial charge is 0.321 e. The molecule has 0 saturated carbocycles. The summed E-state index contributed by atoms with van der Waals surface area (Å²) in [4.78, 5) is 37.2. The molecule has 1 aliphatic rings. The van der Waals surface area contributed by atoms with Crippen molar-refractivity contribution in [2.45, 2.75) is 12.8 Å². The number of hydrogen-bond acceptors (Lipinski definition) is 4. The van der Waals surface area contributed by atoms with Gasteiger partial charge in [-0.05, 0) is 25.0 Å². The highest BCUT2D eigenvalue weighted by Gasteiger charge is 2.28. The third-order valence-electron chi connectivity index (χ3n) is 3.87. The molecule has 132 valence electrons. The molecule has 0 aromatic heterocycles. The first kappa shape index (κ1) is 18.3. The lowest BCUT2D eigenvalue weighted by Gasteiger charge is -2.30. The summed E-state index contributed by atoms with van der Waals surface area (Å²) in [6, 6.07) is 9.00. The highest BCUT2D eigenvalue weighted by molar-refractivity contribution is 5.89. The molecule has 0 bridgehead atoms. The summed E-state index contributed by atoms with van der Waals surface area (Å²) < 4.78 is 4.99. The monoisotopic (exact) mass is 343 g/mol. The molecule has 1 fully saturated rings. The van der Waals surface area contributed by atoms with Gasteiger partial charge in [0.1, 0.15) is 0 Å². The van der Waals surface area contributed by atoms with Crippen LogP contribution in [0.25, 0.3) is 0 Å². The molecular formula is C18H21N3O4. The number of carbonyl (C=O) groups is 3. The minimum absolute atomic E-state index is 0.102. The van der Waals surface area contributed by atoms with Crippen LogP contribution >= 0.6 is 0 Å². The van der Waals surface area contributed by atoms with Gasteiger partial charge in [0.25, 0.3) is 5.91 Å². The number of ether oxygens (including phenoxy) is 1. The second kappa shape index (κ2) is 9.33. The molecule has 25 heavy (non-hydrogen) atoms. The number of anilines is 1. The number of piperidine rings is 1. The molecule has 0 aliphatic carbocycles. The van der Waals surface area contributed by atoms with Crippen molar-refractivity contribution in [1.29, 1.82) is 0 Å². The summed E-state index contributed by atoms with van der Waals surface area (Å²) in [5.74, 6) is 1.12. The second-order valence-corrected chi connectivity index (χ2v) is 5.65. The number of terminal acetylenes is 1. The van der Waals surface area contributed by atoms with Gasteiger partial charge in [0, 0.05) is 18.8 Å². The van der Waals surface area contributed by atoms with Gasteiger partial charge in [-0.1, -0.05) is 24.1 Å². The van der Waals surface area contributed by atoms with Crippen molar-refractivity contribution in [3.05, 3.63) is 30.3 Å². The first-order valence-corrected chi connectivity index (χ1v) is 8.08. The van der Waals surface area contributed by atoms with E-state index < -0.39 is 11.9 Å². The number of likely N-dealkylation sites (tertiary alicyclic amines) is 1. The van der Waals surface area contributed by atoms with Crippen LogP contribution in [-0.2, 0) is 14.3 Å². The Morgan fingerprint density at radius 2 is 1.88 bits per heavy atom. The molecule has 0 spiro atoms. The van der Waals surface area contributed by atoms with E-state index in [9.17, 15) is 14.4 Å². The molecule has 1 aromatic rings. The summed E-state index contributed by atoms with van der Waals surface area (Å²) in [5, 5.41) is 5.24. The molecule has 3 amide bonds. The Morgan fingerprint density at radius 3 is 2.52 bits per heavy atom. The van der Waals surface area contributed by atoms with E-state index in [0.29, 0.717) is 25.9 Å². The lowest BCUT2D eigenvalue weighted by Crippen LogP contribution is -2.43. The standard InChI is InChI=1S/C18H21N3O4/c1-2-10-19-16(22)13-25-17(23)14-8-11-21(12-9-14)18(24)20-15-6-4-3-5-7-15/h1,3-7,14H,8-13H2,(H,19,22)(H,20,24). The van der Waals surface area contributed by atoms with E-state index in [2.05, 4.69) is 16.6 Å². The van der Waals surface area contributed by atoms with Gasteiger partial charge in [-0.3, -0.25) is 9.59 Å². The first-order valence-electron chi connectivity index (χ1n) is 8.08. The number of carbonyl (C=O) groups excluding carboxylic acids is 3. The molecule has 7 nitrogen and oxygen atoms in total. The Balaban J connectivity index is 1.71. The molecule has 1 saturated heterocycles. The lowest BCUT2D eigenvalue weighted by atomic mass is 9.97. The first-order chi connectivity index (χ1) is 12.1. The number of hydrogen-bond donors (Lipinski definition) is 2.